The van der Waals surface area contributed by atoms with Crippen LogP contribution in [0.25, 0.3) is 72.4 Å². The molecule has 0 spiro atoms. The van der Waals surface area contributed by atoms with Crippen LogP contribution >= 0.6 is 0 Å². The second-order valence-corrected chi connectivity index (χ2v) is 12.1. The van der Waals surface area contributed by atoms with E-state index in [0.717, 1.165) is 22.2 Å². The maximum Gasteiger partial charge on any atom is 0.238 e. The second-order valence-electron chi connectivity index (χ2n) is 12.1. The highest BCUT2D eigenvalue weighted by molar-refractivity contribution is 6.14. The lowest BCUT2D eigenvalue weighted by molar-refractivity contribution is 0.648. The van der Waals surface area contributed by atoms with Gasteiger partial charge in [-0.3, -0.25) is 4.57 Å². The third-order valence-corrected chi connectivity index (χ3v) is 9.22. The zero-order valence-corrected chi connectivity index (χ0v) is 24.5. The molecule has 1 aliphatic rings. The van der Waals surface area contributed by atoms with Crippen molar-refractivity contribution in [3.8, 4) is 39.9 Å². The second kappa shape index (κ2) is 9.19. The lowest BCUT2D eigenvalue weighted by atomic mass is 9.68. The van der Waals surface area contributed by atoms with E-state index in [4.69, 9.17) is 15.0 Å². The van der Waals surface area contributed by atoms with Crippen LogP contribution in [0.15, 0.2) is 133 Å². The summed E-state index contributed by atoms with van der Waals surface area (Å²) in [7, 11) is 0. The van der Waals surface area contributed by atoms with Gasteiger partial charge in [0.1, 0.15) is 0 Å². The summed E-state index contributed by atoms with van der Waals surface area (Å²) in [6, 6.07) is 47.0. The van der Waals surface area contributed by atoms with Gasteiger partial charge in [-0.1, -0.05) is 141 Å². The van der Waals surface area contributed by atoms with E-state index in [2.05, 4.69) is 115 Å². The summed E-state index contributed by atoms with van der Waals surface area (Å²) in [6.07, 6.45) is 0. The van der Waals surface area contributed by atoms with Gasteiger partial charge in [-0.2, -0.15) is 9.97 Å². The van der Waals surface area contributed by atoms with Crippen molar-refractivity contribution in [3.63, 3.8) is 0 Å². The fourth-order valence-electron chi connectivity index (χ4n) is 7.24. The van der Waals surface area contributed by atoms with E-state index in [9.17, 15) is 0 Å². The summed E-state index contributed by atoms with van der Waals surface area (Å²) >= 11 is 0. The van der Waals surface area contributed by atoms with Crippen LogP contribution in [-0.4, -0.2) is 19.5 Å². The molecule has 4 nitrogen and oxygen atoms in total. The van der Waals surface area contributed by atoms with E-state index in [0.29, 0.717) is 17.6 Å². The fourth-order valence-corrected chi connectivity index (χ4v) is 7.24. The highest BCUT2D eigenvalue weighted by Crippen LogP contribution is 2.52. The topological polar surface area (TPSA) is 43.6 Å². The summed E-state index contributed by atoms with van der Waals surface area (Å²) in [5.74, 6) is 1.92. The van der Waals surface area contributed by atoms with Gasteiger partial charge in [0, 0.05) is 27.3 Å². The average molecular weight is 565 g/mol. The first-order valence-electron chi connectivity index (χ1n) is 15.1. The molecule has 0 atom stereocenters. The third-order valence-electron chi connectivity index (χ3n) is 9.22. The Bertz CT molecular complexity index is 2340. The monoisotopic (exact) mass is 564 g/mol. The predicted molar refractivity (Wildman–Crippen MR) is 180 cm³/mol. The molecule has 208 valence electrons. The first-order chi connectivity index (χ1) is 21.6. The Morgan fingerprint density at radius 1 is 0.523 bits per heavy atom. The van der Waals surface area contributed by atoms with Gasteiger partial charge in [0.15, 0.2) is 11.6 Å². The molecule has 6 aromatic carbocycles. The van der Waals surface area contributed by atoms with Crippen LogP contribution in [0.3, 0.4) is 0 Å². The Balaban J connectivity index is 1.44. The number of para-hydroxylation sites is 1. The lowest BCUT2D eigenvalue weighted by Gasteiger charge is -2.36. The highest BCUT2D eigenvalue weighted by Gasteiger charge is 2.37. The third kappa shape index (κ3) is 3.48. The fraction of sp³-hybridized carbons (Fsp3) is 0.0750. The Morgan fingerprint density at radius 3 is 1.86 bits per heavy atom. The summed E-state index contributed by atoms with van der Waals surface area (Å²) < 4.78 is 2.28. The van der Waals surface area contributed by atoms with Crippen LogP contribution in [0.2, 0.25) is 0 Å². The van der Waals surface area contributed by atoms with Gasteiger partial charge in [0.25, 0.3) is 0 Å². The van der Waals surface area contributed by atoms with E-state index < -0.39 is 0 Å². The van der Waals surface area contributed by atoms with Crippen molar-refractivity contribution in [2.24, 2.45) is 0 Å². The first kappa shape index (κ1) is 24.9. The number of hydrogen-bond donors (Lipinski definition) is 0. The molecule has 44 heavy (non-hydrogen) atoms. The number of hydrogen-bond acceptors (Lipinski definition) is 3. The van der Waals surface area contributed by atoms with Gasteiger partial charge < -0.3 is 0 Å². The molecule has 2 heterocycles. The standard InChI is InChI=1S/C40H28N4/c1-40(2)32-21-12-18-25-17-11-20-29(34(25)32)30-23-24-31-28-19-9-10-22-33(28)44(36(31)35(30)40)39-42-37(26-13-5-3-6-14-26)41-38(43-39)27-15-7-4-8-16-27/h3-24H,1-2H3. The Kier molecular flexibility index (Phi) is 5.21. The highest BCUT2D eigenvalue weighted by atomic mass is 15.2. The number of aromatic nitrogens is 4. The summed E-state index contributed by atoms with van der Waals surface area (Å²) in [5, 5.41) is 4.99. The van der Waals surface area contributed by atoms with Crippen molar-refractivity contribution in [3.05, 3.63) is 145 Å². The van der Waals surface area contributed by atoms with E-state index >= 15 is 0 Å². The van der Waals surface area contributed by atoms with Crippen LogP contribution in [0.5, 0.6) is 0 Å². The minimum atomic E-state index is -0.271. The molecule has 0 amide bonds. The number of nitrogens with zero attached hydrogens (tertiary/aromatic N) is 4. The van der Waals surface area contributed by atoms with E-state index in [1.165, 1.54) is 43.8 Å². The quantitative estimate of drug-likeness (QED) is 0.215. The molecule has 0 fully saturated rings. The first-order valence-corrected chi connectivity index (χ1v) is 15.1. The smallest absolute Gasteiger partial charge is 0.238 e. The molecule has 8 aromatic rings. The minimum Gasteiger partial charge on any atom is -0.277 e. The van der Waals surface area contributed by atoms with E-state index in [1.807, 2.05) is 36.4 Å². The normalized spacial score (nSPS) is 13.4. The van der Waals surface area contributed by atoms with Gasteiger partial charge in [0.2, 0.25) is 5.95 Å². The molecule has 0 radical (unpaired) electrons. The van der Waals surface area contributed by atoms with Gasteiger partial charge >= 0.3 is 0 Å². The molecule has 0 aliphatic heterocycles. The van der Waals surface area contributed by atoms with Crippen LogP contribution in [0.4, 0.5) is 0 Å². The summed E-state index contributed by atoms with van der Waals surface area (Å²) in [4.78, 5) is 15.4. The molecule has 0 saturated heterocycles. The van der Waals surface area contributed by atoms with Crippen molar-refractivity contribution in [2.45, 2.75) is 19.3 Å². The molecule has 4 heteroatoms. The van der Waals surface area contributed by atoms with Crippen LogP contribution in [0, 0.1) is 0 Å². The van der Waals surface area contributed by atoms with Gasteiger partial charge in [-0.25, -0.2) is 4.98 Å². The number of fused-ring (bicyclic) bond motifs is 6. The molecular formula is C40H28N4. The Hall–Kier alpha value is -5.61. The molecule has 9 rings (SSSR count). The Labute approximate surface area is 255 Å². The van der Waals surface area contributed by atoms with E-state index in [-0.39, 0.29) is 5.41 Å². The molecule has 0 N–H and O–H groups in total. The predicted octanol–water partition coefficient (Wildman–Crippen LogP) is 9.76. The van der Waals surface area contributed by atoms with Crippen molar-refractivity contribution in [1.29, 1.82) is 0 Å². The largest absolute Gasteiger partial charge is 0.277 e. The van der Waals surface area contributed by atoms with Gasteiger partial charge in [-0.15, -0.1) is 0 Å². The SMILES string of the molecule is CC1(C)c2cccc3cccc(c23)-c2ccc3c4ccccc4n(-c4nc(-c5ccccc5)nc(-c5ccccc5)n4)c3c21. The molecule has 0 bridgehead atoms. The van der Waals surface area contributed by atoms with Gasteiger partial charge in [0.05, 0.1) is 11.0 Å². The summed E-state index contributed by atoms with van der Waals surface area (Å²) in [6.45, 7) is 4.71. The molecule has 0 saturated carbocycles. The summed E-state index contributed by atoms with van der Waals surface area (Å²) in [5.41, 5.74) is 9.03. The average Bonchev–Trinajstić information content (AvgIpc) is 3.42. The Morgan fingerprint density at radius 2 is 1.16 bits per heavy atom. The number of benzene rings is 6. The van der Waals surface area contributed by atoms with Crippen molar-refractivity contribution in [1.82, 2.24) is 19.5 Å². The minimum absolute atomic E-state index is 0.271. The molecule has 2 aromatic heterocycles. The zero-order chi connectivity index (χ0) is 29.4. The molecular weight excluding hydrogens is 536 g/mol. The van der Waals surface area contributed by atoms with Crippen LogP contribution < -0.4 is 0 Å². The van der Waals surface area contributed by atoms with Gasteiger partial charge in [-0.05, 0) is 39.1 Å². The van der Waals surface area contributed by atoms with Crippen LogP contribution in [0.1, 0.15) is 25.0 Å². The van der Waals surface area contributed by atoms with Crippen molar-refractivity contribution >= 4 is 32.6 Å². The lowest BCUT2D eigenvalue weighted by Crippen LogP contribution is -2.25. The molecule has 0 unspecified atom stereocenters. The zero-order valence-electron chi connectivity index (χ0n) is 24.5. The van der Waals surface area contributed by atoms with Crippen molar-refractivity contribution in [2.75, 3.05) is 0 Å². The van der Waals surface area contributed by atoms with E-state index in [1.54, 1.807) is 0 Å². The van der Waals surface area contributed by atoms with Crippen LogP contribution in [-0.2, 0) is 5.41 Å². The number of rotatable bonds is 3. The van der Waals surface area contributed by atoms with Crippen molar-refractivity contribution < 1.29 is 0 Å². The maximum absolute atomic E-state index is 5.19. The molecule has 1 aliphatic carbocycles. The maximum atomic E-state index is 5.19.